The van der Waals surface area contributed by atoms with Gasteiger partial charge in [-0.15, -0.1) is 0 Å². The van der Waals surface area contributed by atoms with Gasteiger partial charge in [-0.2, -0.15) is 0 Å². The van der Waals surface area contributed by atoms with Crippen molar-refractivity contribution < 1.29 is 18.9 Å². The van der Waals surface area contributed by atoms with Crippen LogP contribution in [-0.4, -0.2) is 39.0 Å². The summed E-state index contributed by atoms with van der Waals surface area (Å²) in [4.78, 5) is 0. The van der Waals surface area contributed by atoms with E-state index in [4.69, 9.17) is 18.9 Å². The van der Waals surface area contributed by atoms with Gasteiger partial charge in [0.05, 0.1) is 31.8 Å². The Kier molecular flexibility index (Phi) is 4.34. The molecule has 2 aliphatic rings. The molecule has 0 aromatic carbocycles. The van der Waals surface area contributed by atoms with Crippen LogP contribution in [0.1, 0.15) is 13.8 Å². The predicted molar refractivity (Wildman–Crippen MR) is 63.4 cm³/mol. The SMILES string of the molecule is C/C=C\C1OCC2(CO1)COC(/C=C\C)OC2. The monoisotopic (exact) mass is 240 g/mol. The Morgan fingerprint density at radius 2 is 1.12 bits per heavy atom. The molecule has 2 aliphatic heterocycles. The quantitative estimate of drug-likeness (QED) is 0.690. The lowest BCUT2D eigenvalue weighted by Gasteiger charge is -2.42. The van der Waals surface area contributed by atoms with E-state index in [2.05, 4.69) is 0 Å². The fourth-order valence-corrected chi connectivity index (χ4v) is 1.92. The second-order valence-electron chi connectivity index (χ2n) is 4.53. The molecule has 0 N–H and O–H groups in total. The third-order valence-electron chi connectivity index (χ3n) is 2.91. The van der Waals surface area contributed by atoms with Crippen molar-refractivity contribution in [3.63, 3.8) is 0 Å². The van der Waals surface area contributed by atoms with Gasteiger partial charge in [-0.25, -0.2) is 0 Å². The van der Waals surface area contributed by atoms with Gasteiger partial charge < -0.3 is 18.9 Å². The van der Waals surface area contributed by atoms with Crippen molar-refractivity contribution in [1.29, 1.82) is 0 Å². The summed E-state index contributed by atoms with van der Waals surface area (Å²) in [6.07, 6.45) is 7.22. The number of ether oxygens (including phenoxy) is 4. The highest BCUT2D eigenvalue weighted by atomic mass is 16.7. The van der Waals surface area contributed by atoms with Crippen LogP contribution in [0.3, 0.4) is 0 Å². The van der Waals surface area contributed by atoms with Gasteiger partial charge in [0.1, 0.15) is 0 Å². The summed E-state index contributed by atoms with van der Waals surface area (Å²) in [5, 5.41) is 0. The smallest absolute Gasteiger partial charge is 0.176 e. The third kappa shape index (κ3) is 3.16. The van der Waals surface area contributed by atoms with Crippen LogP contribution in [0.15, 0.2) is 24.3 Å². The molecule has 0 unspecified atom stereocenters. The van der Waals surface area contributed by atoms with Crippen molar-refractivity contribution >= 4 is 0 Å². The van der Waals surface area contributed by atoms with Crippen LogP contribution in [-0.2, 0) is 18.9 Å². The largest absolute Gasteiger partial charge is 0.348 e. The molecule has 0 saturated carbocycles. The van der Waals surface area contributed by atoms with Crippen LogP contribution in [0.4, 0.5) is 0 Å². The molecule has 2 saturated heterocycles. The molecule has 4 heteroatoms. The van der Waals surface area contributed by atoms with Crippen LogP contribution in [0.25, 0.3) is 0 Å². The number of hydrogen-bond acceptors (Lipinski definition) is 4. The molecule has 0 bridgehead atoms. The van der Waals surface area contributed by atoms with Crippen LogP contribution < -0.4 is 0 Å². The van der Waals surface area contributed by atoms with Gasteiger partial charge in [0.15, 0.2) is 12.6 Å². The van der Waals surface area contributed by atoms with Crippen molar-refractivity contribution in [3.8, 4) is 0 Å². The van der Waals surface area contributed by atoms with E-state index in [-0.39, 0.29) is 18.0 Å². The van der Waals surface area contributed by atoms with Gasteiger partial charge in [-0.05, 0) is 26.0 Å². The molecule has 17 heavy (non-hydrogen) atoms. The number of hydrogen-bond donors (Lipinski definition) is 0. The molecule has 0 radical (unpaired) electrons. The van der Waals surface area contributed by atoms with E-state index in [1.807, 2.05) is 38.2 Å². The summed E-state index contributed by atoms with van der Waals surface area (Å²) in [6.45, 7) is 6.36. The van der Waals surface area contributed by atoms with E-state index in [9.17, 15) is 0 Å². The van der Waals surface area contributed by atoms with E-state index in [0.29, 0.717) is 26.4 Å². The fraction of sp³-hybridized carbons (Fsp3) is 0.692. The summed E-state index contributed by atoms with van der Waals surface area (Å²) in [6, 6.07) is 0. The molecule has 0 atom stereocenters. The molecule has 0 aromatic heterocycles. The average molecular weight is 240 g/mol. The summed E-state index contributed by atoms with van der Waals surface area (Å²) in [5.74, 6) is 0. The highest BCUT2D eigenvalue weighted by Gasteiger charge is 2.41. The van der Waals surface area contributed by atoms with Crippen molar-refractivity contribution in [2.24, 2.45) is 5.41 Å². The van der Waals surface area contributed by atoms with Gasteiger partial charge in [0.25, 0.3) is 0 Å². The maximum absolute atomic E-state index is 5.62. The van der Waals surface area contributed by atoms with Gasteiger partial charge in [-0.3, -0.25) is 0 Å². The highest BCUT2D eigenvalue weighted by molar-refractivity contribution is 4.92. The van der Waals surface area contributed by atoms with E-state index < -0.39 is 0 Å². The first-order valence-corrected chi connectivity index (χ1v) is 6.00. The highest BCUT2D eigenvalue weighted by Crippen LogP contribution is 2.30. The molecule has 0 aliphatic carbocycles. The topological polar surface area (TPSA) is 36.9 Å². The van der Waals surface area contributed by atoms with Gasteiger partial charge in [0.2, 0.25) is 0 Å². The van der Waals surface area contributed by atoms with Crippen molar-refractivity contribution in [1.82, 2.24) is 0 Å². The van der Waals surface area contributed by atoms with E-state index in [1.165, 1.54) is 0 Å². The summed E-state index contributed by atoms with van der Waals surface area (Å²) in [7, 11) is 0. The molecule has 2 heterocycles. The first-order valence-electron chi connectivity index (χ1n) is 6.00. The second-order valence-corrected chi connectivity index (χ2v) is 4.53. The molecule has 0 amide bonds. The molecule has 2 rings (SSSR count). The van der Waals surface area contributed by atoms with Crippen molar-refractivity contribution in [3.05, 3.63) is 24.3 Å². The van der Waals surface area contributed by atoms with Gasteiger partial charge in [-0.1, -0.05) is 12.2 Å². The lowest BCUT2D eigenvalue weighted by atomic mass is 9.91. The Morgan fingerprint density at radius 1 is 0.765 bits per heavy atom. The molecule has 96 valence electrons. The lowest BCUT2D eigenvalue weighted by Crippen LogP contribution is -2.51. The zero-order valence-electron chi connectivity index (χ0n) is 10.4. The maximum atomic E-state index is 5.62. The minimum atomic E-state index is -0.223. The van der Waals surface area contributed by atoms with Crippen molar-refractivity contribution in [2.45, 2.75) is 26.4 Å². The summed E-state index contributed by atoms with van der Waals surface area (Å²) < 4.78 is 22.5. The Balaban J connectivity index is 1.84. The van der Waals surface area contributed by atoms with E-state index >= 15 is 0 Å². The summed E-state index contributed by atoms with van der Waals surface area (Å²) >= 11 is 0. The van der Waals surface area contributed by atoms with E-state index in [0.717, 1.165) is 0 Å². The van der Waals surface area contributed by atoms with Gasteiger partial charge in [0, 0.05) is 0 Å². The molecule has 1 spiro atoms. The second kappa shape index (κ2) is 5.78. The normalized spacial score (nSPS) is 39.4. The molecule has 0 aromatic rings. The first kappa shape index (κ1) is 12.8. The number of allylic oxidation sites excluding steroid dienone is 2. The van der Waals surface area contributed by atoms with Crippen LogP contribution >= 0.6 is 0 Å². The minimum absolute atomic E-state index is 0.143. The minimum Gasteiger partial charge on any atom is -0.348 e. The van der Waals surface area contributed by atoms with Crippen LogP contribution in [0.5, 0.6) is 0 Å². The Bertz CT molecular complexity index is 248. The lowest BCUT2D eigenvalue weighted by molar-refractivity contribution is -0.282. The van der Waals surface area contributed by atoms with Crippen molar-refractivity contribution in [2.75, 3.05) is 26.4 Å². The van der Waals surface area contributed by atoms with Gasteiger partial charge >= 0.3 is 0 Å². The first-order chi connectivity index (χ1) is 8.28. The van der Waals surface area contributed by atoms with Crippen LogP contribution in [0.2, 0.25) is 0 Å². The Labute approximate surface area is 102 Å². The Morgan fingerprint density at radius 3 is 1.41 bits per heavy atom. The molecule has 2 fully saturated rings. The third-order valence-corrected chi connectivity index (χ3v) is 2.91. The zero-order valence-corrected chi connectivity index (χ0v) is 10.4. The molecule has 4 nitrogen and oxygen atoms in total. The predicted octanol–water partition coefficient (Wildman–Crippen LogP) is 1.87. The fourth-order valence-electron chi connectivity index (χ4n) is 1.92. The van der Waals surface area contributed by atoms with Crippen LogP contribution in [0, 0.1) is 5.41 Å². The van der Waals surface area contributed by atoms with E-state index in [1.54, 1.807) is 0 Å². The molecular formula is C13H20O4. The average Bonchev–Trinajstić information content (AvgIpc) is 2.36. The Hall–Kier alpha value is -0.680. The molecular weight excluding hydrogens is 220 g/mol. The maximum Gasteiger partial charge on any atom is 0.176 e. The summed E-state index contributed by atoms with van der Waals surface area (Å²) in [5.41, 5.74) is -0.143. The zero-order chi connectivity index (χ0) is 12.1. The standard InChI is InChI=1S/C13H20O4/c1-3-5-11-14-7-13(8-15-11)9-16-12(6-4-2)17-10-13/h3-6,11-12H,7-10H2,1-2H3/b5-3-,6-4-. The number of rotatable bonds is 2.